The fourth-order valence-electron chi connectivity index (χ4n) is 1.06. The fraction of sp³-hybridized carbons (Fsp3) is 0.273. The zero-order valence-electron chi connectivity index (χ0n) is 7.76. The largest absolute Gasteiger partial charge is 0.326 e. The Morgan fingerprint density at radius 2 is 2.21 bits per heavy atom. The molecule has 0 aliphatic carbocycles. The van der Waals surface area contributed by atoms with Crippen LogP contribution in [0.3, 0.4) is 0 Å². The van der Waals surface area contributed by atoms with E-state index in [1.807, 2.05) is 0 Å². The van der Waals surface area contributed by atoms with Crippen LogP contribution < -0.4 is 5.73 Å². The Bertz CT molecular complexity index is 365. The molecular weight excluding hydrogens is 197 g/mol. The minimum atomic E-state index is -0.280. The molecule has 0 fully saturated rings. The van der Waals surface area contributed by atoms with Gasteiger partial charge in [0.2, 0.25) is 0 Å². The van der Waals surface area contributed by atoms with Gasteiger partial charge in [0.05, 0.1) is 0 Å². The molecule has 0 saturated carbocycles. The maximum absolute atomic E-state index is 12.9. The molecule has 0 aliphatic heterocycles. The molecule has 0 saturated heterocycles. The number of hydrogen-bond donors (Lipinski definition) is 2. The van der Waals surface area contributed by atoms with E-state index in [-0.39, 0.29) is 5.82 Å². The van der Waals surface area contributed by atoms with Crippen molar-refractivity contribution >= 4 is 12.6 Å². The first-order valence-electron chi connectivity index (χ1n) is 4.36. The van der Waals surface area contributed by atoms with Gasteiger partial charge in [-0.15, -0.1) is 0 Å². The summed E-state index contributed by atoms with van der Waals surface area (Å²) in [6.45, 7) is 0.380. The summed E-state index contributed by atoms with van der Waals surface area (Å²) in [7, 11) is 0. The number of nitrogens with two attached hydrogens (primary N) is 1. The monoisotopic (exact) mass is 209 g/mol. The molecule has 3 heteroatoms. The molecule has 1 nitrogen and oxygen atoms in total. The topological polar surface area (TPSA) is 26.0 Å². The summed E-state index contributed by atoms with van der Waals surface area (Å²) >= 11 is 4.03. The number of thiol groups is 1. The molecule has 0 bridgehead atoms. The van der Waals surface area contributed by atoms with Gasteiger partial charge in [-0.1, -0.05) is 17.9 Å². The van der Waals surface area contributed by atoms with Gasteiger partial charge in [-0.2, -0.15) is 12.6 Å². The molecule has 74 valence electrons. The Labute approximate surface area is 88.9 Å². The molecule has 0 amide bonds. The Morgan fingerprint density at radius 1 is 1.43 bits per heavy atom. The molecule has 0 radical (unpaired) electrons. The highest BCUT2D eigenvalue weighted by molar-refractivity contribution is 7.80. The summed E-state index contributed by atoms with van der Waals surface area (Å²) in [6.07, 6.45) is 0.698. The highest BCUT2D eigenvalue weighted by atomic mass is 32.1. The standard InChI is InChI=1S/C11H12FNS/c12-11-5-4-10(8-13)9(7-11)3-1-2-6-14/h4-5,7,14H,2,6,8,13H2. The average Bonchev–Trinajstić information content (AvgIpc) is 2.19. The van der Waals surface area contributed by atoms with E-state index in [0.717, 1.165) is 5.56 Å². The third kappa shape index (κ3) is 3.06. The number of halogens is 1. The van der Waals surface area contributed by atoms with Gasteiger partial charge in [-0.3, -0.25) is 0 Å². The van der Waals surface area contributed by atoms with Crippen molar-refractivity contribution in [1.82, 2.24) is 0 Å². The van der Waals surface area contributed by atoms with Crippen molar-refractivity contribution in [2.75, 3.05) is 5.75 Å². The second-order valence-corrected chi connectivity index (χ2v) is 3.23. The molecule has 0 aromatic heterocycles. The van der Waals surface area contributed by atoms with Crippen molar-refractivity contribution in [2.24, 2.45) is 5.73 Å². The van der Waals surface area contributed by atoms with Crippen LogP contribution in [0.1, 0.15) is 17.5 Å². The molecule has 1 rings (SSSR count). The normalized spacial score (nSPS) is 9.36. The minimum absolute atomic E-state index is 0.280. The van der Waals surface area contributed by atoms with Crippen molar-refractivity contribution in [2.45, 2.75) is 13.0 Å². The van der Waals surface area contributed by atoms with Crippen LogP contribution in [0.4, 0.5) is 4.39 Å². The van der Waals surface area contributed by atoms with E-state index in [9.17, 15) is 4.39 Å². The Morgan fingerprint density at radius 3 is 2.86 bits per heavy atom. The number of rotatable bonds is 2. The van der Waals surface area contributed by atoms with Gasteiger partial charge in [0, 0.05) is 24.3 Å². The Kier molecular flexibility index (Phi) is 4.51. The van der Waals surface area contributed by atoms with E-state index in [1.165, 1.54) is 12.1 Å². The van der Waals surface area contributed by atoms with Crippen LogP contribution in [-0.4, -0.2) is 5.75 Å². The number of hydrogen-bond acceptors (Lipinski definition) is 2. The summed E-state index contributed by atoms with van der Waals surface area (Å²) in [5, 5.41) is 0. The van der Waals surface area contributed by atoms with Gasteiger partial charge in [-0.25, -0.2) is 4.39 Å². The molecule has 0 aliphatic rings. The molecule has 0 unspecified atom stereocenters. The van der Waals surface area contributed by atoms with Crippen LogP contribution in [0, 0.1) is 17.7 Å². The highest BCUT2D eigenvalue weighted by Gasteiger charge is 1.99. The second kappa shape index (κ2) is 5.69. The van der Waals surface area contributed by atoms with Crippen LogP contribution in [-0.2, 0) is 6.54 Å². The van der Waals surface area contributed by atoms with Gasteiger partial charge >= 0.3 is 0 Å². The minimum Gasteiger partial charge on any atom is -0.326 e. The quantitative estimate of drug-likeness (QED) is 0.565. The van der Waals surface area contributed by atoms with E-state index in [4.69, 9.17) is 5.73 Å². The first-order valence-corrected chi connectivity index (χ1v) is 4.99. The van der Waals surface area contributed by atoms with Crippen molar-refractivity contribution < 1.29 is 4.39 Å². The molecule has 0 atom stereocenters. The van der Waals surface area contributed by atoms with Crippen LogP contribution in [0.15, 0.2) is 18.2 Å². The lowest BCUT2D eigenvalue weighted by molar-refractivity contribution is 0.626. The van der Waals surface area contributed by atoms with Crippen molar-refractivity contribution in [3.8, 4) is 11.8 Å². The zero-order chi connectivity index (χ0) is 10.4. The van der Waals surface area contributed by atoms with Gasteiger partial charge in [0.15, 0.2) is 0 Å². The first-order chi connectivity index (χ1) is 6.77. The van der Waals surface area contributed by atoms with Gasteiger partial charge < -0.3 is 5.73 Å². The van der Waals surface area contributed by atoms with Gasteiger partial charge in [-0.05, 0) is 17.7 Å². The van der Waals surface area contributed by atoms with E-state index < -0.39 is 0 Å². The van der Waals surface area contributed by atoms with Crippen LogP contribution in [0.2, 0.25) is 0 Å². The van der Waals surface area contributed by atoms with Crippen LogP contribution in [0.25, 0.3) is 0 Å². The third-order valence-electron chi connectivity index (χ3n) is 1.75. The Hall–Kier alpha value is -0.980. The summed E-state index contributed by atoms with van der Waals surface area (Å²) in [5.74, 6) is 6.22. The molecular formula is C11H12FNS. The van der Waals surface area contributed by atoms with Gasteiger partial charge in [0.1, 0.15) is 5.82 Å². The smallest absolute Gasteiger partial charge is 0.124 e. The molecule has 0 spiro atoms. The maximum Gasteiger partial charge on any atom is 0.124 e. The van der Waals surface area contributed by atoms with Crippen molar-refractivity contribution in [3.63, 3.8) is 0 Å². The molecule has 14 heavy (non-hydrogen) atoms. The van der Waals surface area contributed by atoms with E-state index in [2.05, 4.69) is 24.5 Å². The van der Waals surface area contributed by atoms with Crippen LogP contribution in [0.5, 0.6) is 0 Å². The second-order valence-electron chi connectivity index (χ2n) is 2.78. The summed E-state index contributed by atoms with van der Waals surface area (Å²) in [6, 6.07) is 4.47. The van der Waals surface area contributed by atoms with Crippen LogP contribution >= 0.6 is 12.6 Å². The average molecular weight is 209 g/mol. The third-order valence-corrected chi connectivity index (χ3v) is 1.98. The van der Waals surface area contributed by atoms with E-state index in [1.54, 1.807) is 6.07 Å². The molecule has 1 aromatic rings. The lowest BCUT2D eigenvalue weighted by Gasteiger charge is -2.00. The molecule has 1 aromatic carbocycles. The predicted molar refractivity (Wildman–Crippen MR) is 59.6 cm³/mol. The summed E-state index contributed by atoms with van der Waals surface area (Å²) in [4.78, 5) is 0. The fourth-order valence-corrected chi connectivity index (χ4v) is 1.17. The molecule has 2 N–H and O–H groups in total. The molecule has 0 heterocycles. The van der Waals surface area contributed by atoms with Crippen molar-refractivity contribution in [1.29, 1.82) is 0 Å². The van der Waals surface area contributed by atoms with E-state index >= 15 is 0 Å². The number of benzene rings is 1. The lowest BCUT2D eigenvalue weighted by atomic mass is 10.1. The summed E-state index contributed by atoms with van der Waals surface area (Å²) in [5.41, 5.74) is 7.05. The van der Waals surface area contributed by atoms with Gasteiger partial charge in [0.25, 0.3) is 0 Å². The SMILES string of the molecule is NCc1ccc(F)cc1C#CCCS. The highest BCUT2D eigenvalue weighted by Crippen LogP contribution is 2.09. The Balaban J connectivity index is 2.94. The van der Waals surface area contributed by atoms with Crippen molar-refractivity contribution in [3.05, 3.63) is 35.1 Å². The maximum atomic E-state index is 12.9. The lowest BCUT2D eigenvalue weighted by Crippen LogP contribution is -1.99. The zero-order valence-corrected chi connectivity index (χ0v) is 8.65. The predicted octanol–water partition coefficient (Wildman–Crippen LogP) is 1.96. The summed E-state index contributed by atoms with van der Waals surface area (Å²) < 4.78 is 12.9. The van der Waals surface area contributed by atoms with E-state index in [0.29, 0.717) is 24.3 Å². The first kappa shape index (κ1) is 11.1.